The Hall–Kier alpha value is -3.75. The number of esters is 1. The van der Waals surface area contributed by atoms with Crippen molar-refractivity contribution in [1.82, 2.24) is 9.78 Å². The number of hydrogen-bond donors (Lipinski definition) is 2. The van der Waals surface area contributed by atoms with Crippen molar-refractivity contribution >= 4 is 23.4 Å². The summed E-state index contributed by atoms with van der Waals surface area (Å²) >= 11 is 0. The van der Waals surface area contributed by atoms with Crippen LogP contribution in [0.3, 0.4) is 0 Å². The lowest BCUT2D eigenvalue weighted by molar-refractivity contribution is 0.0562. The van der Waals surface area contributed by atoms with Crippen molar-refractivity contribution in [3.8, 4) is 5.75 Å². The first-order chi connectivity index (χ1) is 13.6. The number of carbonyl (C=O) groups excluding carboxylic acids is 2. The second-order valence-electron chi connectivity index (χ2n) is 5.69. The Labute approximate surface area is 161 Å². The van der Waals surface area contributed by atoms with Crippen molar-refractivity contribution in [3.63, 3.8) is 0 Å². The van der Waals surface area contributed by atoms with Crippen LogP contribution in [0.4, 0.5) is 16.2 Å². The predicted octanol–water partition coefficient (Wildman–Crippen LogP) is 3.35. The van der Waals surface area contributed by atoms with Gasteiger partial charge in [0.2, 0.25) is 5.76 Å². The number of nitrogens with one attached hydrogen (secondary N) is 2. The van der Waals surface area contributed by atoms with Gasteiger partial charge in [-0.1, -0.05) is 12.1 Å². The smallest absolute Gasteiger partial charge is 0.373 e. The number of carbonyl (C=O) groups is 2. The van der Waals surface area contributed by atoms with Crippen LogP contribution in [0.1, 0.15) is 23.2 Å². The quantitative estimate of drug-likeness (QED) is 0.605. The van der Waals surface area contributed by atoms with Crippen LogP contribution >= 0.6 is 0 Å². The molecule has 2 N–H and O–H groups in total. The second-order valence-corrected chi connectivity index (χ2v) is 5.69. The molecular formula is C19H20N4O5. The highest BCUT2D eigenvalue weighted by Gasteiger charge is 2.12. The van der Waals surface area contributed by atoms with Crippen LogP contribution in [0.2, 0.25) is 0 Å². The second kappa shape index (κ2) is 8.76. The molecule has 0 aliphatic heterocycles. The van der Waals surface area contributed by atoms with Crippen molar-refractivity contribution < 1.29 is 23.5 Å². The van der Waals surface area contributed by atoms with E-state index in [2.05, 4.69) is 20.5 Å². The molecule has 0 aliphatic carbocycles. The highest BCUT2D eigenvalue weighted by atomic mass is 16.5. The van der Waals surface area contributed by atoms with Crippen molar-refractivity contribution in [2.24, 2.45) is 0 Å². The zero-order valence-corrected chi connectivity index (χ0v) is 15.5. The van der Waals surface area contributed by atoms with Crippen LogP contribution in [0.25, 0.3) is 0 Å². The molecule has 0 saturated heterocycles. The van der Waals surface area contributed by atoms with Gasteiger partial charge in [0, 0.05) is 6.20 Å². The average Bonchev–Trinajstić information content (AvgIpc) is 3.33. The highest BCUT2D eigenvalue weighted by Crippen LogP contribution is 2.23. The van der Waals surface area contributed by atoms with Gasteiger partial charge in [-0.25, -0.2) is 9.59 Å². The summed E-state index contributed by atoms with van der Waals surface area (Å²) < 4.78 is 17.1. The topological polar surface area (TPSA) is 108 Å². The summed E-state index contributed by atoms with van der Waals surface area (Å²) in [4.78, 5) is 23.7. The summed E-state index contributed by atoms with van der Waals surface area (Å²) in [7, 11) is 1.29. The van der Waals surface area contributed by atoms with Crippen LogP contribution < -0.4 is 15.4 Å². The van der Waals surface area contributed by atoms with E-state index >= 15 is 0 Å². The number of hydrogen-bond acceptors (Lipinski definition) is 6. The summed E-state index contributed by atoms with van der Waals surface area (Å²) in [6, 6.07) is 9.96. The third-order valence-electron chi connectivity index (χ3n) is 3.69. The number of methoxy groups -OCH3 is 1. The number of rotatable bonds is 7. The standard InChI is InChI=1S/C19H20N4O5/c1-3-27-16-7-5-4-6-15(16)22-19(25)21-13-10-20-23(11-13)12-14-8-9-17(28-14)18(24)26-2/h4-11H,3,12H2,1-2H3,(H2,21,22,25). The summed E-state index contributed by atoms with van der Waals surface area (Å²) in [5.74, 6) is 0.702. The molecule has 0 radical (unpaired) electrons. The van der Waals surface area contributed by atoms with E-state index in [4.69, 9.17) is 9.15 Å². The number of amides is 2. The van der Waals surface area contributed by atoms with E-state index in [1.807, 2.05) is 19.1 Å². The summed E-state index contributed by atoms with van der Waals surface area (Å²) in [6.45, 7) is 2.67. The number of urea groups is 1. The Morgan fingerprint density at radius 3 is 2.79 bits per heavy atom. The lowest BCUT2D eigenvalue weighted by Crippen LogP contribution is -2.19. The van der Waals surface area contributed by atoms with Gasteiger partial charge in [-0.2, -0.15) is 5.10 Å². The zero-order chi connectivity index (χ0) is 19.9. The van der Waals surface area contributed by atoms with E-state index < -0.39 is 12.0 Å². The van der Waals surface area contributed by atoms with Crippen molar-refractivity contribution in [2.45, 2.75) is 13.5 Å². The Morgan fingerprint density at radius 2 is 2.00 bits per heavy atom. The van der Waals surface area contributed by atoms with Gasteiger partial charge in [0.05, 0.1) is 37.8 Å². The van der Waals surface area contributed by atoms with Gasteiger partial charge < -0.3 is 24.5 Å². The molecule has 9 heteroatoms. The Morgan fingerprint density at radius 1 is 1.18 bits per heavy atom. The molecule has 2 heterocycles. The third-order valence-corrected chi connectivity index (χ3v) is 3.69. The molecule has 0 fully saturated rings. The predicted molar refractivity (Wildman–Crippen MR) is 102 cm³/mol. The SMILES string of the molecule is CCOc1ccccc1NC(=O)Nc1cnn(Cc2ccc(C(=O)OC)o2)c1. The van der Waals surface area contributed by atoms with Crippen LogP contribution in [0, 0.1) is 0 Å². The Balaban J connectivity index is 1.59. The van der Waals surface area contributed by atoms with Crippen LogP contribution in [-0.4, -0.2) is 35.5 Å². The molecule has 0 atom stereocenters. The molecule has 2 aromatic heterocycles. The number of benzene rings is 1. The number of anilines is 2. The van der Waals surface area contributed by atoms with Crippen molar-refractivity contribution in [1.29, 1.82) is 0 Å². The first-order valence-corrected chi connectivity index (χ1v) is 8.58. The van der Waals surface area contributed by atoms with Crippen molar-refractivity contribution in [3.05, 3.63) is 60.3 Å². The number of para-hydroxylation sites is 2. The number of ether oxygens (including phenoxy) is 2. The summed E-state index contributed by atoms with van der Waals surface area (Å²) in [6.07, 6.45) is 3.16. The Bertz CT molecular complexity index is 963. The molecule has 28 heavy (non-hydrogen) atoms. The molecule has 0 aliphatic rings. The third kappa shape index (κ3) is 4.70. The van der Waals surface area contributed by atoms with Gasteiger partial charge in [0.25, 0.3) is 0 Å². The van der Waals surface area contributed by atoms with Gasteiger partial charge >= 0.3 is 12.0 Å². The molecule has 3 rings (SSSR count). The molecule has 0 saturated carbocycles. The van der Waals surface area contributed by atoms with E-state index in [9.17, 15) is 9.59 Å². The molecule has 0 bridgehead atoms. The normalized spacial score (nSPS) is 10.4. The highest BCUT2D eigenvalue weighted by molar-refractivity contribution is 6.00. The number of aromatic nitrogens is 2. The van der Waals surface area contributed by atoms with Gasteiger partial charge in [0.1, 0.15) is 11.5 Å². The maximum absolute atomic E-state index is 12.2. The zero-order valence-electron chi connectivity index (χ0n) is 15.5. The lowest BCUT2D eigenvalue weighted by atomic mass is 10.3. The molecule has 0 spiro atoms. The van der Waals surface area contributed by atoms with E-state index in [1.54, 1.807) is 29.1 Å². The first kappa shape index (κ1) is 19.0. The fraction of sp³-hybridized carbons (Fsp3) is 0.211. The van der Waals surface area contributed by atoms with Crippen LogP contribution in [-0.2, 0) is 11.3 Å². The minimum Gasteiger partial charge on any atom is -0.492 e. The van der Waals surface area contributed by atoms with Gasteiger partial charge in [-0.3, -0.25) is 4.68 Å². The minimum absolute atomic E-state index is 0.121. The first-order valence-electron chi connectivity index (χ1n) is 8.58. The molecule has 1 aromatic carbocycles. The monoisotopic (exact) mass is 384 g/mol. The van der Waals surface area contributed by atoms with Crippen LogP contribution in [0.15, 0.2) is 53.2 Å². The molecule has 3 aromatic rings. The maximum atomic E-state index is 12.2. The fourth-order valence-electron chi connectivity index (χ4n) is 2.48. The largest absolute Gasteiger partial charge is 0.492 e. The van der Waals surface area contributed by atoms with E-state index in [1.165, 1.54) is 19.4 Å². The molecule has 146 valence electrons. The number of furan rings is 1. The fourth-order valence-corrected chi connectivity index (χ4v) is 2.48. The lowest BCUT2D eigenvalue weighted by Gasteiger charge is -2.11. The van der Waals surface area contributed by atoms with Gasteiger partial charge in [0.15, 0.2) is 0 Å². The summed E-state index contributed by atoms with van der Waals surface area (Å²) in [5, 5.41) is 9.61. The Kier molecular flexibility index (Phi) is 5.95. The minimum atomic E-state index is -0.543. The number of nitrogens with zero attached hydrogens (tertiary/aromatic N) is 2. The van der Waals surface area contributed by atoms with Crippen LogP contribution in [0.5, 0.6) is 5.75 Å². The maximum Gasteiger partial charge on any atom is 0.373 e. The van der Waals surface area contributed by atoms with Crippen molar-refractivity contribution in [2.75, 3.05) is 24.4 Å². The summed E-state index contributed by atoms with van der Waals surface area (Å²) in [5.41, 5.74) is 1.08. The van der Waals surface area contributed by atoms with E-state index in [-0.39, 0.29) is 5.76 Å². The van der Waals surface area contributed by atoms with Gasteiger partial charge in [-0.05, 0) is 31.2 Å². The van der Waals surface area contributed by atoms with E-state index in [0.29, 0.717) is 36.0 Å². The van der Waals surface area contributed by atoms with E-state index in [0.717, 1.165) is 0 Å². The van der Waals surface area contributed by atoms with Gasteiger partial charge in [-0.15, -0.1) is 0 Å². The average molecular weight is 384 g/mol. The molecular weight excluding hydrogens is 364 g/mol. The molecule has 2 amide bonds. The molecule has 9 nitrogen and oxygen atoms in total. The molecule has 0 unspecified atom stereocenters.